The van der Waals surface area contributed by atoms with Gasteiger partial charge in [0.25, 0.3) is 0 Å². The highest BCUT2D eigenvalue weighted by Gasteiger charge is 2.06. The largest absolute Gasteiger partial charge is 0.361 e. The third-order valence-corrected chi connectivity index (χ3v) is 1.77. The molecule has 2 heteroatoms. The van der Waals surface area contributed by atoms with E-state index in [-0.39, 0.29) is 0 Å². The Kier molecular flexibility index (Phi) is 2.09. The zero-order valence-corrected chi connectivity index (χ0v) is 6.22. The lowest BCUT2D eigenvalue weighted by molar-refractivity contribution is 0.411. The van der Waals surface area contributed by atoms with E-state index in [1.54, 1.807) is 0 Å². The summed E-state index contributed by atoms with van der Waals surface area (Å²) in [5, 5.41) is 0. The molecule has 0 aromatic heterocycles. The van der Waals surface area contributed by atoms with Crippen molar-refractivity contribution in [3.8, 4) is 0 Å². The maximum Gasteiger partial charge on any atom is 0.0957 e. The molecule has 1 aliphatic heterocycles. The molecule has 0 fully saturated rings. The van der Waals surface area contributed by atoms with Gasteiger partial charge in [0.2, 0.25) is 0 Å². The lowest BCUT2D eigenvalue weighted by Crippen LogP contribution is -2.33. The lowest BCUT2D eigenvalue weighted by atomic mass is 10.3. The fraction of sp³-hybridized carbons (Fsp3) is 0.857. The van der Waals surface area contributed by atoms with Crippen LogP contribution in [-0.2, 0) is 0 Å². The zero-order valence-electron chi connectivity index (χ0n) is 6.22. The van der Waals surface area contributed by atoms with Crippen LogP contribution in [0.25, 0.3) is 0 Å². The van der Waals surface area contributed by atoms with Crippen LogP contribution in [0.15, 0.2) is 4.99 Å². The summed E-state index contributed by atoms with van der Waals surface area (Å²) in [6, 6.07) is 0. The minimum atomic E-state index is 1.03. The molecule has 0 saturated carbocycles. The van der Waals surface area contributed by atoms with Crippen LogP contribution < -0.4 is 0 Å². The molecule has 0 saturated heterocycles. The van der Waals surface area contributed by atoms with Crippen LogP contribution in [0.4, 0.5) is 0 Å². The average molecular weight is 126 g/mol. The molecule has 0 aromatic rings. The van der Waals surface area contributed by atoms with Crippen LogP contribution in [0.5, 0.6) is 0 Å². The SMILES string of the molecule is CCN1CCCN=C1C. The normalized spacial score (nSPS) is 19.8. The molecule has 0 N–H and O–H groups in total. The van der Waals surface area contributed by atoms with Gasteiger partial charge in [0.1, 0.15) is 0 Å². The third-order valence-electron chi connectivity index (χ3n) is 1.77. The van der Waals surface area contributed by atoms with E-state index >= 15 is 0 Å². The molecule has 0 aromatic carbocycles. The van der Waals surface area contributed by atoms with Gasteiger partial charge in [-0.2, -0.15) is 0 Å². The lowest BCUT2D eigenvalue weighted by Gasteiger charge is -2.25. The van der Waals surface area contributed by atoms with Gasteiger partial charge >= 0.3 is 0 Å². The predicted molar refractivity (Wildman–Crippen MR) is 39.8 cm³/mol. The molecular formula is C7H14N2. The summed E-state index contributed by atoms with van der Waals surface area (Å²) in [5.41, 5.74) is 0. The first-order valence-corrected chi connectivity index (χ1v) is 3.60. The van der Waals surface area contributed by atoms with Crippen molar-refractivity contribution >= 4 is 5.84 Å². The van der Waals surface area contributed by atoms with E-state index in [1.807, 2.05) is 0 Å². The summed E-state index contributed by atoms with van der Waals surface area (Å²) in [6.07, 6.45) is 1.23. The van der Waals surface area contributed by atoms with E-state index in [0.29, 0.717) is 0 Å². The van der Waals surface area contributed by atoms with Gasteiger partial charge in [-0.05, 0) is 20.3 Å². The van der Waals surface area contributed by atoms with Crippen molar-refractivity contribution in [3.05, 3.63) is 0 Å². The summed E-state index contributed by atoms with van der Waals surface area (Å²) in [6.45, 7) is 7.59. The van der Waals surface area contributed by atoms with Gasteiger partial charge in [-0.1, -0.05) is 0 Å². The Labute approximate surface area is 56.6 Å². The maximum absolute atomic E-state index is 4.32. The minimum absolute atomic E-state index is 1.03. The minimum Gasteiger partial charge on any atom is -0.361 e. The second kappa shape index (κ2) is 2.85. The summed E-state index contributed by atoms with van der Waals surface area (Å²) in [4.78, 5) is 6.63. The van der Waals surface area contributed by atoms with Crippen molar-refractivity contribution in [2.75, 3.05) is 19.6 Å². The Morgan fingerprint density at radius 2 is 2.44 bits per heavy atom. The smallest absolute Gasteiger partial charge is 0.0957 e. The Morgan fingerprint density at radius 3 is 2.89 bits per heavy atom. The van der Waals surface area contributed by atoms with E-state index in [1.165, 1.54) is 18.8 Å². The first-order valence-electron chi connectivity index (χ1n) is 3.60. The monoisotopic (exact) mass is 126 g/mol. The molecular weight excluding hydrogens is 112 g/mol. The summed E-state index contributed by atoms with van der Waals surface area (Å²) < 4.78 is 0. The van der Waals surface area contributed by atoms with Crippen LogP contribution in [0, 0.1) is 0 Å². The molecule has 0 unspecified atom stereocenters. The second-order valence-electron chi connectivity index (χ2n) is 2.36. The third kappa shape index (κ3) is 1.44. The van der Waals surface area contributed by atoms with Gasteiger partial charge in [0.15, 0.2) is 0 Å². The number of hydrogen-bond donors (Lipinski definition) is 0. The topological polar surface area (TPSA) is 15.6 Å². The van der Waals surface area contributed by atoms with Gasteiger partial charge in [0, 0.05) is 19.6 Å². The molecule has 0 amide bonds. The predicted octanol–water partition coefficient (Wildman–Crippen LogP) is 1.13. The van der Waals surface area contributed by atoms with E-state index in [0.717, 1.165) is 13.1 Å². The maximum atomic E-state index is 4.32. The molecule has 52 valence electrons. The van der Waals surface area contributed by atoms with Gasteiger partial charge in [-0.25, -0.2) is 0 Å². The first-order chi connectivity index (χ1) is 4.34. The molecule has 0 aliphatic carbocycles. The van der Waals surface area contributed by atoms with E-state index in [4.69, 9.17) is 0 Å². The Morgan fingerprint density at radius 1 is 1.67 bits per heavy atom. The molecule has 1 rings (SSSR count). The number of rotatable bonds is 1. The van der Waals surface area contributed by atoms with Crippen molar-refractivity contribution in [3.63, 3.8) is 0 Å². The van der Waals surface area contributed by atoms with Crippen molar-refractivity contribution < 1.29 is 0 Å². The summed E-state index contributed by atoms with van der Waals surface area (Å²) in [5.74, 6) is 1.21. The highest BCUT2D eigenvalue weighted by Crippen LogP contribution is 2.00. The fourth-order valence-electron chi connectivity index (χ4n) is 1.15. The number of aliphatic imine (C=N–C) groups is 1. The first kappa shape index (κ1) is 6.59. The van der Waals surface area contributed by atoms with Crippen molar-refractivity contribution in [2.45, 2.75) is 20.3 Å². The van der Waals surface area contributed by atoms with Gasteiger partial charge < -0.3 is 4.90 Å². The number of amidine groups is 1. The number of hydrogen-bond acceptors (Lipinski definition) is 2. The average Bonchev–Trinajstić information content (AvgIpc) is 1.89. The van der Waals surface area contributed by atoms with Crippen LogP contribution in [0.1, 0.15) is 20.3 Å². The second-order valence-corrected chi connectivity index (χ2v) is 2.36. The quantitative estimate of drug-likeness (QED) is 0.514. The van der Waals surface area contributed by atoms with Crippen LogP contribution in [-0.4, -0.2) is 30.4 Å². The molecule has 9 heavy (non-hydrogen) atoms. The van der Waals surface area contributed by atoms with Crippen LogP contribution in [0.3, 0.4) is 0 Å². The molecule has 0 radical (unpaired) electrons. The van der Waals surface area contributed by atoms with Crippen molar-refractivity contribution in [1.29, 1.82) is 0 Å². The molecule has 1 heterocycles. The van der Waals surface area contributed by atoms with E-state index in [2.05, 4.69) is 23.7 Å². The molecule has 2 nitrogen and oxygen atoms in total. The zero-order chi connectivity index (χ0) is 6.69. The van der Waals surface area contributed by atoms with E-state index in [9.17, 15) is 0 Å². The highest BCUT2D eigenvalue weighted by atomic mass is 15.2. The molecule has 0 atom stereocenters. The Hall–Kier alpha value is -0.530. The van der Waals surface area contributed by atoms with Gasteiger partial charge in [0.05, 0.1) is 5.84 Å². The van der Waals surface area contributed by atoms with Gasteiger partial charge in [-0.15, -0.1) is 0 Å². The van der Waals surface area contributed by atoms with Crippen LogP contribution >= 0.6 is 0 Å². The summed E-state index contributed by atoms with van der Waals surface area (Å²) in [7, 11) is 0. The van der Waals surface area contributed by atoms with Crippen LogP contribution in [0.2, 0.25) is 0 Å². The Balaban J connectivity index is 2.50. The van der Waals surface area contributed by atoms with E-state index < -0.39 is 0 Å². The Bertz CT molecular complexity index is 118. The standard InChI is InChI=1S/C7H14N2/c1-3-9-6-4-5-8-7(9)2/h3-6H2,1-2H3. The van der Waals surface area contributed by atoms with Crippen molar-refractivity contribution in [1.82, 2.24) is 4.90 Å². The molecule has 1 aliphatic rings. The highest BCUT2D eigenvalue weighted by molar-refractivity contribution is 5.80. The molecule has 0 bridgehead atoms. The summed E-state index contributed by atoms with van der Waals surface area (Å²) >= 11 is 0. The number of nitrogens with zero attached hydrogens (tertiary/aromatic N) is 2. The molecule has 0 spiro atoms. The van der Waals surface area contributed by atoms with Gasteiger partial charge in [-0.3, -0.25) is 4.99 Å². The van der Waals surface area contributed by atoms with Crippen molar-refractivity contribution in [2.24, 2.45) is 4.99 Å². The fourth-order valence-corrected chi connectivity index (χ4v) is 1.15.